The molecule has 0 amide bonds. The van der Waals surface area contributed by atoms with Crippen LogP contribution in [0.4, 0.5) is 0 Å². The molecule has 1 N–H and O–H groups in total. The summed E-state index contributed by atoms with van der Waals surface area (Å²) in [6.45, 7) is 0. The van der Waals surface area contributed by atoms with Crippen molar-refractivity contribution in [3.8, 4) is 22.8 Å². The van der Waals surface area contributed by atoms with E-state index in [0.717, 1.165) is 26.5 Å². The van der Waals surface area contributed by atoms with E-state index in [9.17, 15) is 13.2 Å². The van der Waals surface area contributed by atoms with Gasteiger partial charge in [-0.05, 0) is 54.6 Å². The molecule has 0 bridgehead atoms. The summed E-state index contributed by atoms with van der Waals surface area (Å²) in [7, 11) is 2.52. The molecule has 8 heteroatoms. The van der Waals surface area contributed by atoms with Gasteiger partial charge < -0.3 is 14.5 Å². The molecule has 35 heavy (non-hydrogen) atoms. The molecule has 0 aliphatic carbocycles. The fourth-order valence-electron chi connectivity index (χ4n) is 3.75. The van der Waals surface area contributed by atoms with E-state index in [-0.39, 0.29) is 10.7 Å². The van der Waals surface area contributed by atoms with Crippen LogP contribution in [0, 0.1) is 0 Å². The lowest BCUT2D eigenvalue weighted by Gasteiger charge is -2.12. The van der Waals surface area contributed by atoms with Gasteiger partial charge in [-0.3, -0.25) is 4.79 Å². The van der Waals surface area contributed by atoms with Crippen molar-refractivity contribution in [1.29, 1.82) is 0 Å². The summed E-state index contributed by atoms with van der Waals surface area (Å²) >= 11 is 0. The number of hydrogen-bond acceptors (Lipinski definition) is 5. The van der Waals surface area contributed by atoms with Crippen molar-refractivity contribution in [2.75, 3.05) is 28.3 Å². The average Bonchev–Trinajstić information content (AvgIpc) is 3.30. The number of fused-ring (bicyclic) bond motifs is 1. The summed E-state index contributed by atoms with van der Waals surface area (Å²) in [4.78, 5) is 16.3. The Balaban J connectivity index is 1.67. The highest BCUT2D eigenvalue weighted by molar-refractivity contribution is 7.89. The largest absolute Gasteiger partial charge is 0.496 e. The molecule has 180 valence electrons. The predicted octanol–water partition coefficient (Wildman–Crippen LogP) is 5.00. The first-order valence-corrected chi connectivity index (χ1v) is 12.3. The molecule has 0 unspecified atom stereocenters. The second-order valence-corrected chi connectivity index (χ2v) is 10.2. The monoisotopic (exact) mass is 490 g/mol. The molecule has 7 nitrogen and oxygen atoms in total. The molecule has 0 atom stereocenters. The molecular weight excluding hydrogens is 464 g/mol. The van der Waals surface area contributed by atoms with Crippen LogP contribution >= 0.6 is 0 Å². The number of para-hydroxylation sites is 1. The number of nitrogens with zero attached hydrogens (tertiary/aromatic N) is 1. The minimum Gasteiger partial charge on any atom is -0.496 e. The molecule has 0 radical (unpaired) electrons. The number of hydrogen-bond donors (Lipinski definition) is 1. The van der Waals surface area contributed by atoms with Crippen LogP contribution in [-0.4, -0.2) is 51.8 Å². The highest BCUT2D eigenvalue weighted by atomic mass is 32.2. The number of H-pyrrole nitrogens is 1. The molecule has 1 heterocycles. The van der Waals surface area contributed by atoms with E-state index in [0.29, 0.717) is 22.6 Å². The maximum atomic E-state index is 12.8. The average molecular weight is 491 g/mol. The van der Waals surface area contributed by atoms with Gasteiger partial charge in [0, 0.05) is 47.8 Å². The second-order valence-electron chi connectivity index (χ2n) is 8.07. The van der Waals surface area contributed by atoms with Crippen LogP contribution < -0.4 is 9.47 Å². The van der Waals surface area contributed by atoms with Crippen LogP contribution in [0.25, 0.3) is 28.2 Å². The number of sulfonamides is 1. The van der Waals surface area contributed by atoms with E-state index in [1.165, 1.54) is 44.4 Å². The summed E-state index contributed by atoms with van der Waals surface area (Å²) in [6, 6.07) is 19.6. The van der Waals surface area contributed by atoms with Crippen molar-refractivity contribution < 1.29 is 22.7 Å². The third-order valence-electron chi connectivity index (χ3n) is 5.70. The van der Waals surface area contributed by atoms with E-state index in [1.54, 1.807) is 26.4 Å². The quantitative estimate of drug-likeness (QED) is 0.277. The number of rotatable bonds is 8. The summed E-state index contributed by atoms with van der Waals surface area (Å²) < 4.78 is 36.8. The van der Waals surface area contributed by atoms with E-state index < -0.39 is 10.0 Å². The molecule has 1 aromatic heterocycles. The van der Waals surface area contributed by atoms with Gasteiger partial charge >= 0.3 is 0 Å². The number of benzene rings is 3. The zero-order valence-electron chi connectivity index (χ0n) is 19.9. The standard InChI is InChI=1S/C27H26N2O5S/c1-29(2)35(31,32)21-12-9-18(10-13-21)25(30)14-11-20-15-22(27(34-4)17-26(20)33-3)24-16-19-7-5-6-8-23(19)28-24/h5-17,28H,1-4H3. The van der Waals surface area contributed by atoms with Crippen molar-refractivity contribution in [2.24, 2.45) is 0 Å². The van der Waals surface area contributed by atoms with Crippen LogP contribution in [0.5, 0.6) is 11.5 Å². The topological polar surface area (TPSA) is 88.7 Å². The number of ketones is 1. The number of allylic oxidation sites excluding steroid dienone is 1. The number of nitrogens with one attached hydrogen (secondary N) is 1. The first kappa shape index (κ1) is 24.3. The first-order chi connectivity index (χ1) is 16.7. The Bertz CT molecular complexity index is 1480. The molecule has 0 aliphatic rings. The van der Waals surface area contributed by atoms with E-state index >= 15 is 0 Å². The Hall–Kier alpha value is -3.88. The lowest BCUT2D eigenvalue weighted by Crippen LogP contribution is -2.22. The maximum absolute atomic E-state index is 12.8. The highest BCUT2D eigenvalue weighted by Gasteiger charge is 2.17. The lowest BCUT2D eigenvalue weighted by atomic mass is 10.0. The Kier molecular flexibility index (Phi) is 6.77. The van der Waals surface area contributed by atoms with E-state index in [1.807, 2.05) is 36.4 Å². The first-order valence-electron chi connectivity index (χ1n) is 10.8. The van der Waals surface area contributed by atoms with Gasteiger partial charge in [-0.1, -0.05) is 18.2 Å². The number of aromatic amines is 1. The molecule has 3 aromatic carbocycles. The van der Waals surface area contributed by atoms with Crippen molar-refractivity contribution in [2.45, 2.75) is 4.90 Å². The fourth-order valence-corrected chi connectivity index (χ4v) is 4.65. The summed E-state index contributed by atoms with van der Waals surface area (Å²) in [5, 5.41) is 1.08. The van der Waals surface area contributed by atoms with Crippen molar-refractivity contribution in [1.82, 2.24) is 9.29 Å². The molecule has 0 saturated heterocycles. The van der Waals surface area contributed by atoms with E-state index in [2.05, 4.69) is 4.98 Å². The van der Waals surface area contributed by atoms with Gasteiger partial charge in [0.1, 0.15) is 11.5 Å². The van der Waals surface area contributed by atoms with Gasteiger partial charge in [0.25, 0.3) is 0 Å². The SMILES string of the molecule is COc1cc(OC)c(-c2cc3ccccc3[nH]2)cc1C=CC(=O)c1ccc(S(=O)(=O)N(C)C)cc1. The minimum absolute atomic E-state index is 0.128. The van der Waals surface area contributed by atoms with Gasteiger partial charge in [0.2, 0.25) is 10.0 Å². The number of aromatic nitrogens is 1. The van der Waals surface area contributed by atoms with Crippen LogP contribution in [0.15, 0.2) is 77.7 Å². The summed E-state index contributed by atoms with van der Waals surface area (Å²) in [5.74, 6) is 0.927. The van der Waals surface area contributed by atoms with Crippen LogP contribution in [0.2, 0.25) is 0 Å². The Morgan fingerprint density at radius 3 is 2.23 bits per heavy atom. The molecule has 0 fully saturated rings. The van der Waals surface area contributed by atoms with Gasteiger partial charge in [0.15, 0.2) is 5.78 Å². The molecule has 4 aromatic rings. The highest BCUT2D eigenvalue weighted by Crippen LogP contribution is 2.37. The summed E-state index contributed by atoms with van der Waals surface area (Å²) in [6.07, 6.45) is 3.12. The second kappa shape index (κ2) is 9.77. The Morgan fingerprint density at radius 1 is 0.914 bits per heavy atom. The lowest BCUT2D eigenvalue weighted by molar-refractivity contribution is 0.104. The molecule has 0 saturated carbocycles. The molecule has 0 spiro atoms. The van der Waals surface area contributed by atoms with Crippen LogP contribution in [0.1, 0.15) is 15.9 Å². The molecule has 4 rings (SSSR count). The smallest absolute Gasteiger partial charge is 0.242 e. The normalized spacial score (nSPS) is 11.9. The van der Waals surface area contributed by atoms with Crippen molar-refractivity contribution in [3.05, 3.63) is 83.9 Å². The Morgan fingerprint density at radius 2 is 1.60 bits per heavy atom. The minimum atomic E-state index is -3.56. The van der Waals surface area contributed by atoms with Gasteiger partial charge in [-0.15, -0.1) is 0 Å². The molecule has 0 aliphatic heterocycles. The number of carbonyl (C=O) groups is 1. The fraction of sp³-hybridized carbons (Fsp3) is 0.148. The summed E-state index contributed by atoms with van der Waals surface area (Å²) in [5.41, 5.74) is 3.79. The Labute approximate surface area is 204 Å². The van der Waals surface area contributed by atoms with Gasteiger partial charge in [-0.25, -0.2) is 12.7 Å². The number of methoxy groups -OCH3 is 2. The maximum Gasteiger partial charge on any atom is 0.242 e. The predicted molar refractivity (Wildman–Crippen MR) is 138 cm³/mol. The van der Waals surface area contributed by atoms with Crippen molar-refractivity contribution >= 4 is 32.8 Å². The van der Waals surface area contributed by atoms with Crippen LogP contribution in [0.3, 0.4) is 0 Å². The molecular formula is C27H26N2O5S. The van der Waals surface area contributed by atoms with Gasteiger partial charge in [-0.2, -0.15) is 0 Å². The van der Waals surface area contributed by atoms with E-state index in [4.69, 9.17) is 9.47 Å². The number of ether oxygens (including phenoxy) is 2. The number of carbonyl (C=O) groups excluding carboxylic acids is 1. The zero-order chi connectivity index (χ0) is 25.2. The zero-order valence-corrected chi connectivity index (χ0v) is 20.7. The van der Waals surface area contributed by atoms with Gasteiger partial charge in [0.05, 0.1) is 24.8 Å². The third kappa shape index (κ3) is 4.84. The third-order valence-corrected chi connectivity index (χ3v) is 7.53. The van der Waals surface area contributed by atoms with Crippen LogP contribution in [-0.2, 0) is 10.0 Å². The van der Waals surface area contributed by atoms with Crippen molar-refractivity contribution in [3.63, 3.8) is 0 Å².